The Morgan fingerprint density at radius 2 is 2.18 bits per heavy atom. The summed E-state index contributed by atoms with van der Waals surface area (Å²) < 4.78 is 0. The summed E-state index contributed by atoms with van der Waals surface area (Å²) in [5.74, 6) is 0.174. The smallest absolute Gasteiger partial charge is 0.314 e. The van der Waals surface area contributed by atoms with Crippen molar-refractivity contribution in [2.45, 2.75) is 33.1 Å². The summed E-state index contributed by atoms with van der Waals surface area (Å²) in [6.45, 7) is 3.95. The van der Waals surface area contributed by atoms with E-state index >= 15 is 0 Å². The van der Waals surface area contributed by atoms with Gasteiger partial charge in [-0.25, -0.2) is 0 Å². The number of nitro benzene ring substituents is 1. The second-order valence-corrected chi connectivity index (χ2v) is 3.75. The van der Waals surface area contributed by atoms with Crippen LogP contribution in [0.5, 0.6) is 5.75 Å². The lowest BCUT2D eigenvalue weighted by Crippen LogP contribution is -1.97. The number of nitrogens with zero attached hydrogens (tertiary/aromatic N) is 2. The number of oxime groups is 1. The molecule has 0 amide bonds. The third-order valence-corrected chi connectivity index (χ3v) is 2.25. The van der Waals surface area contributed by atoms with E-state index in [0.717, 1.165) is 25.0 Å². The number of benzene rings is 1. The van der Waals surface area contributed by atoms with Gasteiger partial charge in [-0.05, 0) is 25.8 Å². The van der Waals surface area contributed by atoms with Crippen molar-refractivity contribution in [2.75, 3.05) is 0 Å². The van der Waals surface area contributed by atoms with Gasteiger partial charge in [0.15, 0.2) is 0 Å². The average Bonchev–Trinajstić information content (AvgIpc) is 2.34. The fraction of sp³-hybridized carbons (Fsp3) is 0.417. The number of nitro groups is 1. The Morgan fingerprint density at radius 1 is 1.47 bits per heavy atom. The standard InChI is InChI=1S/C12H16N2O3/c1-3-4-7-10(2)13-17-12-9-6-5-8-11(12)14(15)16/h5-6,8-9H,3-4,7H2,1-2H3/b13-10+. The Hall–Kier alpha value is -1.91. The lowest BCUT2D eigenvalue weighted by atomic mass is 10.2. The summed E-state index contributed by atoms with van der Waals surface area (Å²) in [6, 6.07) is 6.21. The van der Waals surface area contributed by atoms with Crippen molar-refractivity contribution in [3.63, 3.8) is 0 Å². The average molecular weight is 236 g/mol. The lowest BCUT2D eigenvalue weighted by molar-refractivity contribution is -0.385. The van der Waals surface area contributed by atoms with E-state index in [4.69, 9.17) is 4.84 Å². The summed E-state index contributed by atoms with van der Waals surface area (Å²) in [4.78, 5) is 15.3. The number of hydrogen-bond donors (Lipinski definition) is 0. The van der Waals surface area contributed by atoms with E-state index in [0.29, 0.717) is 0 Å². The van der Waals surface area contributed by atoms with Gasteiger partial charge in [-0.1, -0.05) is 30.6 Å². The zero-order chi connectivity index (χ0) is 12.7. The minimum absolute atomic E-state index is 0.0699. The van der Waals surface area contributed by atoms with Gasteiger partial charge < -0.3 is 4.84 Å². The first kappa shape index (κ1) is 13.2. The second-order valence-electron chi connectivity index (χ2n) is 3.75. The highest BCUT2D eigenvalue weighted by Crippen LogP contribution is 2.25. The van der Waals surface area contributed by atoms with Gasteiger partial charge in [0.05, 0.1) is 10.6 Å². The molecule has 0 N–H and O–H groups in total. The van der Waals surface area contributed by atoms with E-state index in [1.165, 1.54) is 12.1 Å². The number of para-hydroxylation sites is 2. The predicted molar refractivity (Wildman–Crippen MR) is 66.4 cm³/mol. The highest BCUT2D eigenvalue weighted by atomic mass is 16.6. The van der Waals surface area contributed by atoms with Crippen molar-refractivity contribution in [1.82, 2.24) is 0 Å². The maximum absolute atomic E-state index is 10.7. The molecule has 5 nitrogen and oxygen atoms in total. The summed E-state index contributed by atoms with van der Waals surface area (Å²) in [7, 11) is 0. The number of hydrogen-bond acceptors (Lipinski definition) is 4. The van der Waals surface area contributed by atoms with Crippen molar-refractivity contribution in [3.05, 3.63) is 34.4 Å². The lowest BCUT2D eigenvalue weighted by Gasteiger charge is -2.01. The summed E-state index contributed by atoms with van der Waals surface area (Å²) in [5.41, 5.74) is 0.768. The molecule has 0 aliphatic carbocycles. The van der Waals surface area contributed by atoms with Crippen LogP contribution >= 0.6 is 0 Å². The first-order valence-corrected chi connectivity index (χ1v) is 5.59. The quantitative estimate of drug-likeness (QED) is 0.431. The van der Waals surface area contributed by atoms with Gasteiger partial charge in [-0.2, -0.15) is 0 Å². The van der Waals surface area contributed by atoms with E-state index in [1.807, 2.05) is 6.92 Å². The second kappa shape index (κ2) is 6.62. The normalized spacial score (nSPS) is 11.3. The summed E-state index contributed by atoms with van der Waals surface area (Å²) in [5, 5.41) is 14.6. The Kier molecular flexibility index (Phi) is 5.13. The summed E-state index contributed by atoms with van der Waals surface area (Å²) >= 11 is 0. The van der Waals surface area contributed by atoms with E-state index in [9.17, 15) is 10.1 Å². The molecule has 0 unspecified atom stereocenters. The van der Waals surface area contributed by atoms with Gasteiger partial charge >= 0.3 is 5.69 Å². The minimum Gasteiger partial charge on any atom is -0.350 e. The SMILES string of the molecule is CCCC/C(C)=N/Oc1ccccc1[N+](=O)[O-]. The molecule has 1 aromatic rings. The van der Waals surface area contributed by atoms with Crippen LogP contribution in [0.4, 0.5) is 5.69 Å². The van der Waals surface area contributed by atoms with Crippen LogP contribution in [0.2, 0.25) is 0 Å². The highest BCUT2D eigenvalue weighted by Gasteiger charge is 2.13. The van der Waals surface area contributed by atoms with Gasteiger partial charge in [0, 0.05) is 6.07 Å². The molecule has 0 bridgehead atoms. The Balaban J connectivity index is 2.71. The zero-order valence-electron chi connectivity index (χ0n) is 10.0. The van der Waals surface area contributed by atoms with Crippen LogP contribution in [-0.2, 0) is 0 Å². The van der Waals surface area contributed by atoms with E-state index in [1.54, 1.807) is 12.1 Å². The van der Waals surface area contributed by atoms with Gasteiger partial charge in [0.1, 0.15) is 0 Å². The van der Waals surface area contributed by atoms with E-state index in [2.05, 4.69) is 12.1 Å². The fourth-order valence-electron chi connectivity index (χ4n) is 1.29. The monoisotopic (exact) mass is 236 g/mol. The molecule has 0 atom stereocenters. The molecule has 0 saturated carbocycles. The molecular formula is C12H16N2O3. The van der Waals surface area contributed by atoms with Gasteiger partial charge in [0.2, 0.25) is 5.75 Å². The zero-order valence-corrected chi connectivity index (χ0v) is 10.0. The van der Waals surface area contributed by atoms with E-state index < -0.39 is 4.92 Å². The van der Waals surface area contributed by atoms with Crippen molar-refractivity contribution in [2.24, 2.45) is 5.16 Å². The highest BCUT2D eigenvalue weighted by molar-refractivity contribution is 5.81. The van der Waals surface area contributed by atoms with Crippen LogP contribution in [0.1, 0.15) is 33.1 Å². The maximum Gasteiger partial charge on any atom is 0.314 e. The minimum atomic E-state index is -0.480. The molecule has 0 aromatic heterocycles. The van der Waals surface area contributed by atoms with Crippen molar-refractivity contribution in [1.29, 1.82) is 0 Å². The molecule has 17 heavy (non-hydrogen) atoms. The molecule has 0 aliphatic rings. The first-order chi connectivity index (χ1) is 8.15. The van der Waals surface area contributed by atoms with Crippen LogP contribution < -0.4 is 4.84 Å². The number of rotatable bonds is 6. The molecule has 0 heterocycles. The fourth-order valence-corrected chi connectivity index (χ4v) is 1.29. The third kappa shape index (κ3) is 4.22. The molecule has 0 radical (unpaired) electrons. The number of unbranched alkanes of at least 4 members (excludes halogenated alkanes) is 1. The van der Waals surface area contributed by atoms with Crippen LogP contribution in [-0.4, -0.2) is 10.6 Å². The Morgan fingerprint density at radius 3 is 2.82 bits per heavy atom. The van der Waals surface area contributed by atoms with Gasteiger partial charge in [-0.15, -0.1) is 0 Å². The van der Waals surface area contributed by atoms with Crippen molar-refractivity contribution >= 4 is 11.4 Å². The third-order valence-electron chi connectivity index (χ3n) is 2.25. The van der Waals surface area contributed by atoms with Gasteiger partial charge in [-0.3, -0.25) is 10.1 Å². The molecule has 0 aliphatic heterocycles. The molecule has 1 aromatic carbocycles. The molecule has 0 saturated heterocycles. The van der Waals surface area contributed by atoms with Crippen LogP contribution in [0.25, 0.3) is 0 Å². The molecule has 0 fully saturated rings. The maximum atomic E-state index is 10.7. The van der Waals surface area contributed by atoms with Crippen LogP contribution in [0, 0.1) is 10.1 Å². The van der Waals surface area contributed by atoms with Crippen molar-refractivity contribution in [3.8, 4) is 5.75 Å². The topological polar surface area (TPSA) is 64.7 Å². The Labute approximate surface area is 100 Å². The molecule has 1 rings (SSSR count). The first-order valence-electron chi connectivity index (χ1n) is 5.59. The molecule has 0 spiro atoms. The Bertz CT molecular complexity index is 416. The van der Waals surface area contributed by atoms with E-state index in [-0.39, 0.29) is 11.4 Å². The van der Waals surface area contributed by atoms with Gasteiger partial charge in [0.25, 0.3) is 0 Å². The molecule has 5 heteroatoms. The molecular weight excluding hydrogens is 220 g/mol. The van der Waals surface area contributed by atoms with Crippen LogP contribution in [0.15, 0.2) is 29.4 Å². The largest absolute Gasteiger partial charge is 0.350 e. The van der Waals surface area contributed by atoms with Crippen molar-refractivity contribution < 1.29 is 9.76 Å². The van der Waals surface area contributed by atoms with Crippen LogP contribution in [0.3, 0.4) is 0 Å². The predicted octanol–water partition coefficient (Wildman–Crippen LogP) is 3.54. The summed E-state index contributed by atoms with van der Waals surface area (Å²) in [6.07, 6.45) is 2.96. The molecule has 92 valence electrons.